The summed E-state index contributed by atoms with van der Waals surface area (Å²) < 4.78 is 44.7. The lowest BCUT2D eigenvalue weighted by Gasteiger charge is -2.40. The number of rotatable bonds is 6. The molecule has 1 N–H and O–H groups in total. The molecule has 1 aliphatic carbocycles. The minimum Gasteiger partial charge on any atom is -0.478 e. The molecular formula is C22H30F3N3O4. The van der Waals surface area contributed by atoms with Crippen molar-refractivity contribution in [3.05, 3.63) is 36.2 Å². The van der Waals surface area contributed by atoms with Gasteiger partial charge in [-0.1, -0.05) is 6.58 Å². The zero-order chi connectivity index (χ0) is 24.3. The molecule has 1 saturated carbocycles. The standard InChI is InChI=1S/C22H30F3N3O4/c1-6-27(18-12-9-16(13-26-18)19(29)30)28(20(31)32-21(3,4)5)14(2)15-7-10-17(11-8-15)22(23,24)25/h9,12-13,15,17H,2,6-8,10-11H2,1,3-5H3,(H,29,30)/t15-,17-. The fourth-order valence-electron chi connectivity index (χ4n) is 3.67. The van der Waals surface area contributed by atoms with Crippen LogP contribution in [0.3, 0.4) is 0 Å². The van der Waals surface area contributed by atoms with Gasteiger partial charge in [0.25, 0.3) is 0 Å². The molecular weight excluding hydrogens is 427 g/mol. The van der Waals surface area contributed by atoms with Crippen LogP contribution in [-0.2, 0) is 4.74 Å². The molecule has 1 aliphatic rings. The molecule has 7 nitrogen and oxygen atoms in total. The quantitative estimate of drug-likeness (QED) is 0.557. The van der Waals surface area contributed by atoms with Crippen molar-refractivity contribution in [3.63, 3.8) is 0 Å². The first kappa shape index (κ1) is 25.5. The van der Waals surface area contributed by atoms with E-state index in [1.165, 1.54) is 28.3 Å². The van der Waals surface area contributed by atoms with Crippen LogP contribution in [0.1, 0.15) is 63.7 Å². The van der Waals surface area contributed by atoms with Gasteiger partial charge in [-0.05, 0) is 65.5 Å². The normalized spacial score (nSPS) is 19.2. The molecule has 0 atom stereocenters. The summed E-state index contributed by atoms with van der Waals surface area (Å²) in [5, 5.41) is 11.8. The molecule has 10 heteroatoms. The fourth-order valence-corrected chi connectivity index (χ4v) is 3.67. The summed E-state index contributed by atoms with van der Waals surface area (Å²) in [6.07, 6.45) is -3.38. The number of carboxylic acids is 1. The van der Waals surface area contributed by atoms with Crippen molar-refractivity contribution in [2.24, 2.45) is 11.8 Å². The number of halogens is 3. The Morgan fingerprint density at radius 3 is 2.19 bits per heavy atom. The van der Waals surface area contributed by atoms with Crippen LogP contribution in [0.15, 0.2) is 30.6 Å². The molecule has 178 valence electrons. The Balaban J connectivity index is 2.33. The minimum absolute atomic E-state index is 0.0158. The van der Waals surface area contributed by atoms with Gasteiger partial charge in [-0.2, -0.15) is 18.2 Å². The molecule has 1 amide bonds. The summed E-state index contributed by atoms with van der Waals surface area (Å²) in [5.74, 6) is -2.54. The first-order chi connectivity index (χ1) is 14.7. The molecule has 0 aromatic carbocycles. The highest BCUT2D eigenvalue weighted by molar-refractivity contribution is 5.87. The highest BCUT2D eigenvalue weighted by atomic mass is 19.4. The van der Waals surface area contributed by atoms with E-state index in [1.54, 1.807) is 27.7 Å². The second-order valence-electron chi connectivity index (χ2n) is 8.80. The molecule has 1 aromatic rings. The number of hydrogen-bond acceptors (Lipinski definition) is 5. The maximum absolute atomic E-state index is 13.1. The first-order valence-electron chi connectivity index (χ1n) is 10.5. The van der Waals surface area contributed by atoms with Gasteiger partial charge in [0.2, 0.25) is 0 Å². The number of carbonyl (C=O) groups is 2. The number of hydrogen-bond donors (Lipinski definition) is 1. The van der Waals surface area contributed by atoms with Gasteiger partial charge in [-0.3, -0.25) is 5.01 Å². The summed E-state index contributed by atoms with van der Waals surface area (Å²) in [4.78, 5) is 28.4. The largest absolute Gasteiger partial charge is 0.478 e. The van der Waals surface area contributed by atoms with E-state index in [0.717, 1.165) is 0 Å². The van der Waals surface area contributed by atoms with Gasteiger partial charge in [-0.15, -0.1) is 0 Å². The number of amides is 1. The predicted octanol–water partition coefficient (Wildman–Crippen LogP) is 5.64. The Kier molecular flexibility index (Phi) is 7.79. The molecule has 0 radical (unpaired) electrons. The summed E-state index contributed by atoms with van der Waals surface area (Å²) in [5.41, 5.74) is -0.507. The zero-order valence-electron chi connectivity index (χ0n) is 18.8. The van der Waals surface area contributed by atoms with E-state index in [2.05, 4.69) is 11.6 Å². The van der Waals surface area contributed by atoms with Crippen molar-refractivity contribution in [2.75, 3.05) is 11.6 Å². The Bertz CT molecular complexity index is 826. The van der Waals surface area contributed by atoms with Gasteiger partial charge < -0.3 is 9.84 Å². The Labute approximate surface area is 185 Å². The van der Waals surface area contributed by atoms with Gasteiger partial charge in [0.1, 0.15) is 11.4 Å². The molecule has 2 rings (SSSR count). The summed E-state index contributed by atoms with van der Waals surface area (Å²) in [6.45, 7) is 11.2. The third-order valence-electron chi connectivity index (χ3n) is 5.30. The average molecular weight is 457 g/mol. The van der Waals surface area contributed by atoms with E-state index < -0.39 is 29.8 Å². The maximum Gasteiger partial charge on any atom is 0.433 e. The topological polar surface area (TPSA) is 83.0 Å². The lowest BCUT2D eigenvalue weighted by molar-refractivity contribution is -0.183. The molecule has 1 heterocycles. The fraction of sp³-hybridized carbons (Fsp3) is 0.591. The van der Waals surface area contributed by atoms with E-state index in [9.17, 15) is 22.8 Å². The first-order valence-corrected chi connectivity index (χ1v) is 10.5. The number of ether oxygens (including phenoxy) is 1. The van der Waals surface area contributed by atoms with Gasteiger partial charge in [0.15, 0.2) is 0 Å². The SMILES string of the molecule is C=C([C@H]1CC[C@H](C(F)(F)F)CC1)N(C(=O)OC(C)(C)C)N(CC)c1ccc(C(=O)O)cn1. The number of aromatic nitrogens is 1. The number of anilines is 1. The number of hydrazine groups is 1. The number of pyridine rings is 1. The van der Waals surface area contributed by atoms with Gasteiger partial charge in [-0.25, -0.2) is 14.6 Å². The molecule has 0 aliphatic heterocycles. The van der Waals surface area contributed by atoms with Crippen LogP contribution >= 0.6 is 0 Å². The number of alkyl halides is 3. The van der Waals surface area contributed by atoms with Crippen LogP contribution < -0.4 is 5.01 Å². The summed E-state index contributed by atoms with van der Waals surface area (Å²) in [7, 11) is 0. The van der Waals surface area contributed by atoms with Crippen molar-refractivity contribution in [1.82, 2.24) is 9.99 Å². The molecule has 1 fully saturated rings. The Morgan fingerprint density at radius 1 is 1.19 bits per heavy atom. The van der Waals surface area contributed by atoms with Crippen molar-refractivity contribution in [1.29, 1.82) is 0 Å². The van der Waals surface area contributed by atoms with Crippen LogP contribution in [0.4, 0.5) is 23.8 Å². The Morgan fingerprint density at radius 2 is 1.78 bits per heavy atom. The highest BCUT2D eigenvalue weighted by Gasteiger charge is 2.43. The van der Waals surface area contributed by atoms with Crippen LogP contribution in [0.2, 0.25) is 0 Å². The number of carboxylic acid groups (broad SMARTS) is 1. The van der Waals surface area contributed by atoms with Gasteiger partial charge in [0.05, 0.1) is 11.5 Å². The molecule has 32 heavy (non-hydrogen) atoms. The van der Waals surface area contributed by atoms with E-state index >= 15 is 0 Å². The second-order valence-corrected chi connectivity index (χ2v) is 8.80. The van der Waals surface area contributed by atoms with Crippen molar-refractivity contribution in [2.45, 2.75) is 65.2 Å². The molecule has 0 unspecified atom stereocenters. The van der Waals surface area contributed by atoms with Crippen molar-refractivity contribution in [3.8, 4) is 0 Å². The smallest absolute Gasteiger partial charge is 0.433 e. The van der Waals surface area contributed by atoms with Gasteiger partial charge in [0, 0.05) is 24.4 Å². The van der Waals surface area contributed by atoms with Crippen molar-refractivity contribution < 1.29 is 32.6 Å². The van der Waals surface area contributed by atoms with E-state index in [1.807, 2.05) is 0 Å². The molecule has 0 spiro atoms. The predicted molar refractivity (Wildman–Crippen MR) is 113 cm³/mol. The van der Waals surface area contributed by atoms with Gasteiger partial charge >= 0.3 is 18.2 Å². The zero-order valence-corrected chi connectivity index (χ0v) is 18.8. The van der Waals surface area contributed by atoms with Crippen LogP contribution in [0.25, 0.3) is 0 Å². The number of aromatic carboxylic acids is 1. The third-order valence-corrected chi connectivity index (χ3v) is 5.30. The lowest BCUT2D eigenvalue weighted by Crippen LogP contribution is -2.50. The number of carbonyl (C=O) groups excluding carboxylic acids is 1. The van der Waals surface area contributed by atoms with E-state index in [0.29, 0.717) is 5.70 Å². The second kappa shape index (κ2) is 9.79. The highest BCUT2D eigenvalue weighted by Crippen LogP contribution is 2.42. The monoisotopic (exact) mass is 457 g/mol. The number of allylic oxidation sites excluding steroid dienone is 1. The van der Waals surface area contributed by atoms with Crippen molar-refractivity contribution >= 4 is 17.9 Å². The molecule has 0 saturated heterocycles. The van der Waals surface area contributed by atoms with Crippen LogP contribution in [0.5, 0.6) is 0 Å². The third kappa shape index (κ3) is 6.37. The minimum atomic E-state index is -4.23. The lowest BCUT2D eigenvalue weighted by atomic mass is 9.80. The summed E-state index contributed by atoms with van der Waals surface area (Å²) in [6, 6.07) is 2.82. The Hall–Kier alpha value is -2.78. The molecule has 1 aromatic heterocycles. The van der Waals surface area contributed by atoms with E-state index in [4.69, 9.17) is 9.84 Å². The van der Waals surface area contributed by atoms with Crippen LogP contribution in [-0.4, -0.2) is 45.5 Å². The summed E-state index contributed by atoms with van der Waals surface area (Å²) >= 11 is 0. The molecule has 0 bridgehead atoms. The average Bonchev–Trinajstić information content (AvgIpc) is 2.69. The maximum atomic E-state index is 13.1. The number of nitrogens with zero attached hydrogens (tertiary/aromatic N) is 3. The van der Waals surface area contributed by atoms with E-state index in [-0.39, 0.29) is 49.5 Å². The van der Waals surface area contributed by atoms with Crippen LogP contribution in [0, 0.1) is 11.8 Å².